The van der Waals surface area contributed by atoms with Crippen molar-refractivity contribution >= 4 is 11.8 Å². The van der Waals surface area contributed by atoms with E-state index in [1.165, 1.54) is 18.6 Å². The van der Waals surface area contributed by atoms with Gasteiger partial charge in [0.25, 0.3) is 0 Å². The predicted octanol–water partition coefficient (Wildman–Crippen LogP) is 3.14. The maximum atomic E-state index is 6.02. The molecular formula is C11H25NS. The Balaban J connectivity index is 3.31. The molecule has 0 rings (SSSR count). The Kier molecular flexibility index (Phi) is 7.87. The molecule has 2 heteroatoms. The highest BCUT2D eigenvalue weighted by Gasteiger charge is 2.09. The topological polar surface area (TPSA) is 26.0 Å². The normalized spacial score (nSPS) is 16.2. The van der Waals surface area contributed by atoms with Crippen LogP contribution in [0.3, 0.4) is 0 Å². The first kappa shape index (κ1) is 13.3. The van der Waals surface area contributed by atoms with Gasteiger partial charge in [-0.15, -0.1) is 0 Å². The molecule has 0 radical (unpaired) electrons. The Bertz CT molecular complexity index is 115. The van der Waals surface area contributed by atoms with Gasteiger partial charge < -0.3 is 5.73 Å². The van der Waals surface area contributed by atoms with Crippen molar-refractivity contribution in [1.82, 2.24) is 0 Å². The second-order valence-electron chi connectivity index (χ2n) is 4.31. The summed E-state index contributed by atoms with van der Waals surface area (Å²) in [7, 11) is 0. The molecule has 0 heterocycles. The van der Waals surface area contributed by atoms with E-state index in [4.69, 9.17) is 5.73 Å². The summed E-state index contributed by atoms with van der Waals surface area (Å²) in [6.07, 6.45) is 2.52. The summed E-state index contributed by atoms with van der Waals surface area (Å²) in [6, 6.07) is 0.391. The van der Waals surface area contributed by atoms with E-state index in [1.54, 1.807) is 0 Å². The summed E-state index contributed by atoms with van der Waals surface area (Å²) >= 11 is 2.01. The van der Waals surface area contributed by atoms with Crippen molar-refractivity contribution in [2.45, 2.75) is 46.6 Å². The molecule has 0 aromatic rings. The summed E-state index contributed by atoms with van der Waals surface area (Å²) < 4.78 is 0. The number of nitrogens with two attached hydrogens (primary N) is 1. The van der Waals surface area contributed by atoms with Gasteiger partial charge >= 0.3 is 0 Å². The van der Waals surface area contributed by atoms with Gasteiger partial charge in [0.1, 0.15) is 0 Å². The first-order chi connectivity index (χ1) is 6.07. The fourth-order valence-corrected chi connectivity index (χ4v) is 2.41. The molecule has 2 atom stereocenters. The average molecular weight is 203 g/mol. The molecule has 0 aromatic carbocycles. The SMILES string of the molecule is CCC(C)C(N)CSCCC(C)C. The van der Waals surface area contributed by atoms with Crippen molar-refractivity contribution < 1.29 is 0 Å². The highest BCUT2D eigenvalue weighted by molar-refractivity contribution is 7.99. The lowest BCUT2D eigenvalue weighted by Gasteiger charge is -2.17. The number of hydrogen-bond acceptors (Lipinski definition) is 2. The molecule has 0 aliphatic rings. The average Bonchev–Trinajstić information content (AvgIpc) is 2.10. The molecule has 80 valence electrons. The Morgan fingerprint density at radius 3 is 2.31 bits per heavy atom. The molecule has 0 spiro atoms. The fourth-order valence-electron chi connectivity index (χ4n) is 1.01. The van der Waals surface area contributed by atoms with E-state index in [0.717, 1.165) is 11.7 Å². The van der Waals surface area contributed by atoms with Gasteiger partial charge in [0.2, 0.25) is 0 Å². The van der Waals surface area contributed by atoms with E-state index in [1.807, 2.05) is 11.8 Å². The molecule has 0 amide bonds. The van der Waals surface area contributed by atoms with Gasteiger partial charge in [-0.2, -0.15) is 11.8 Å². The minimum Gasteiger partial charge on any atom is -0.327 e. The summed E-state index contributed by atoms with van der Waals surface area (Å²) in [4.78, 5) is 0. The van der Waals surface area contributed by atoms with Crippen molar-refractivity contribution in [3.05, 3.63) is 0 Å². The minimum atomic E-state index is 0.391. The van der Waals surface area contributed by atoms with Crippen LogP contribution in [0.1, 0.15) is 40.5 Å². The fraction of sp³-hybridized carbons (Fsp3) is 1.00. The smallest absolute Gasteiger partial charge is 0.0156 e. The second kappa shape index (κ2) is 7.69. The molecular weight excluding hydrogens is 178 g/mol. The van der Waals surface area contributed by atoms with Gasteiger partial charge in [0, 0.05) is 11.8 Å². The Morgan fingerprint density at radius 1 is 1.23 bits per heavy atom. The largest absolute Gasteiger partial charge is 0.327 e. The van der Waals surface area contributed by atoms with Gasteiger partial charge in [-0.05, 0) is 24.0 Å². The lowest BCUT2D eigenvalue weighted by Crippen LogP contribution is -2.30. The lowest BCUT2D eigenvalue weighted by molar-refractivity contribution is 0.475. The Labute approximate surface area is 87.9 Å². The van der Waals surface area contributed by atoms with E-state index >= 15 is 0 Å². The number of hydrogen-bond donors (Lipinski definition) is 1. The second-order valence-corrected chi connectivity index (χ2v) is 5.46. The van der Waals surface area contributed by atoms with Crippen LogP contribution in [0.25, 0.3) is 0 Å². The van der Waals surface area contributed by atoms with E-state index in [2.05, 4.69) is 27.7 Å². The zero-order valence-corrected chi connectivity index (χ0v) is 10.4. The van der Waals surface area contributed by atoms with Gasteiger partial charge in [0.15, 0.2) is 0 Å². The van der Waals surface area contributed by atoms with Crippen molar-refractivity contribution in [3.63, 3.8) is 0 Å². The van der Waals surface area contributed by atoms with Crippen LogP contribution in [-0.4, -0.2) is 17.5 Å². The summed E-state index contributed by atoms with van der Waals surface area (Å²) in [5.41, 5.74) is 6.02. The van der Waals surface area contributed by atoms with Crippen LogP contribution in [0, 0.1) is 11.8 Å². The Morgan fingerprint density at radius 2 is 1.85 bits per heavy atom. The Hall–Kier alpha value is 0.310. The van der Waals surface area contributed by atoms with Crippen LogP contribution in [-0.2, 0) is 0 Å². The third kappa shape index (κ3) is 7.39. The summed E-state index contributed by atoms with van der Waals surface area (Å²) in [6.45, 7) is 9.00. The summed E-state index contributed by atoms with van der Waals surface area (Å²) in [5.74, 6) is 3.89. The highest BCUT2D eigenvalue weighted by Crippen LogP contribution is 2.14. The minimum absolute atomic E-state index is 0.391. The number of rotatable bonds is 7. The van der Waals surface area contributed by atoms with E-state index < -0.39 is 0 Å². The standard InChI is InChI=1S/C11H25NS/c1-5-10(4)11(12)8-13-7-6-9(2)3/h9-11H,5-8,12H2,1-4H3. The first-order valence-corrected chi connectivity index (χ1v) is 6.56. The molecule has 1 nitrogen and oxygen atoms in total. The molecule has 0 saturated carbocycles. The van der Waals surface area contributed by atoms with Crippen molar-refractivity contribution in [3.8, 4) is 0 Å². The third-order valence-corrected chi connectivity index (χ3v) is 3.67. The first-order valence-electron chi connectivity index (χ1n) is 5.41. The molecule has 13 heavy (non-hydrogen) atoms. The zero-order chi connectivity index (χ0) is 10.3. The lowest BCUT2D eigenvalue weighted by atomic mass is 10.0. The van der Waals surface area contributed by atoms with E-state index in [9.17, 15) is 0 Å². The van der Waals surface area contributed by atoms with Crippen LogP contribution < -0.4 is 5.73 Å². The van der Waals surface area contributed by atoms with Crippen molar-refractivity contribution in [1.29, 1.82) is 0 Å². The van der Waals surface area contributed by atoms with Crippen LogP contribution in [0.5, 0.6) is 0 Å². The van der Waals surface area contributed by atoms with Gasteiger partial charge in [-0.25, -0.2) is 0 Å². The quantitative estimate of drug-likeness (QED) is 0.643. The molecule has 0 bridgehead atoms. The van der Waals surface area contributed by atoms with Gasteiger partial charge in [-0.1, -0.05) is 34.1 Å². The van der Waals surface area contributed by atoms with Crippen molar-refractivity contribution in [2.24, 2.45) is 17.6 Å². The molecule has 2 unspecified atom stereocenters. The molecule has 2 N–H and O–H groups in total. The van der Waals surface area contributed by atoms with Crippen LogP contribution in [0.4, 0.5) is 0 Å². The monoisotopic (exact) mass is 203 g/mol. The highest BCUT2D eigenvalue weighted by atomic mass is 32.2. The van der Waals surface area contributed by atoms with Crippen LogP contribution in [0.2, 0.25) is 0 Å². The third-order valence-electron chi connectivity index (χ3n) is 2.52. The van der Waals surface area contributed by atoms with E-state index in [0.29, 0.717) is 12.0 Å². The molecule has 0 saturated heterocycles. The molecule has 0 aromatic heterocycles. The zero-order valence-electron chi connectivity index (χ0n) is 9.55. The van der Waals surface area contributed by atoms with Crippen LogP contribution >= 0.6 is 11.8 Å². The molecule has 0 aliphatic heterocycles. The summed E-state index contributed by atoms with van der Waals surface area (Å²) in [5, 5.41) is 0. The maximum Gasteiger partial charge on any atom is 0.0156 e. The van der Waals surface area contributed by atoms with Crippen LogP contribution in [0.15, 0.2) is 0 Å². The molecule has 0 fully saturated rings. The molecule has 0 aliphatic carbocycles. The predicted molar refractivity (Wildman–Crippen MR) is 64.2 cm³/mol. The number of thioether (sulfide) groups is 1. The van der Waals surface area contributed by atoms with Crippen molar-refractivity contribution in [2.75, 3.05) is 11.5 Å². The maximum absolute atomic E-state index is 6.02. The van der Waals surface area contributed by atoms with Gasteiger partial charge in [-0.3, -0.25) is 0 Å². The van der Waals surface area contributed by atoms with E-state index in [-0.39, 0.29) is 0 Å². The van der Waals surface area contributed by atoms with Gasteiger partial charge in [0.05, 0.1) is 0 Å².